The van der Waals surface area contributed by atoms with Gasteiger partial charge in [0.05, 0.1) is 18.8 Å². The summed E-state index contributed by atoms with van der Waals surface area (Å²) >= 11 is 0. The van der Waals surface area contributed by atoms with Crippen molar-refractivity contribution in [2.75, 3.05) is 31.9 Å². The largest absolute Gasteiger partial charge is 0.369 e. The van der Waals surface area contributed by atoms with Crippen LogP contribution in [-0.2, 0) is 19.6 Å². The molecule has 9 heteroatoms. The van der Waals surface area contributed by atoms with Crippen LogP contribution >= 0.6 is 0 Å². The van der Waals surface area contributed by atoms with Crippen LogP contribution in [0.15, 0.2) is 0 Å². The molecule has 1 saturated heterocycles. The van der Waals surface area contributed by atoms with Gasteiger partial charge in [0.15, 0.2) is 0 Å². The molecule has 2 amide bonds. The number of sulfonamides is 1. The summed E-state index contributed by atoms with van der Waals surface area (Å²) in [6.45, 7) is 0.739. The van der Waals surface area contributed by atoms with E-state index in [2.05, 4.69) is 5.32 Å². The predicted molar refractivity (Wildman–Crippen MR) is 74.0 cm³/mol. The van der Waals surface area contributed by atoms with Crippen molar-refractivity contribution in [3.8, 4) is 0 Å². The van der Waals surface area contributed by atoms with Crippen LogP contribution in [0.25, 0.3) is 0 Å². The average molecular weight is 306 g/mol. The van der Waals surface area contributed by atoms with Crippen molar-refractivity contribution in [1.29, 1.82) is 0 Å². The summed E-state index contributed by atoms with van der Waals surface area (Å²) < 4.78 is 25.0. The molecule has 116 valence electrons. The molecule has 1 heterocycles. The Hall–Kier alpha value is -1.19. The van der Waals surface area contributed by atoms with E-state index in [0.717, 1.165) is 30.2 Å². The maximum absolute atomic E-state index is 12.1. The second kappa shape index (κ2) is 7.55. The van der Waals surface area contributed by atoms with Crippen molar-refractivity contribution in [2.24, 2.45) is 17.4 Å². The van der Waals surface area contributed by atoms with Gasteiger partial charge in [0, 0.05) is 0 Å². The summed E-state index contributed by atoms with van der Waals surface area (Å²) in [5.41, 5.74) is 10.00. The fraction of sp³-hybridized carbons (Fsp3) is 0.818. The third-order valence-electron chi connectivity index (χ3n) is 3.30. The van der Waals surface area contributed by atoms with Crippen molar-refractivity contribution in [3.05, 3.63) is 0 Å². The summed E-state index contributed by atoms with van der Waals surface area (Å²) in [5, 5.41) is 3.20. The number of nitrogens with two attached hydrogens (primary N) is 2. The van der Waals surface area contributed by atoms with Gasteiger partial charge in [-0.15, -0.1) is 0 Å². The number of piperidine rings is 1. The monoisotopic (exact) mass is 306 g/mol. The van der Waals surface area contributed by atoms with Gasteiger partial charge in [0.2, 0.25) is 21.8 Å². The minimum Gasteiger partial charge on any atom is -0.369 e. The Labute approximate surface area is 118 Å². The second-order valence-electron chi connectivity index (χ2n) is 5.00. The van der Waals surface area contributed by atoms with Crippen molar-refractivity contribution >= 4 is 21.8 Å². The number of rotatable bonds is 8. The van der Waals surface area contributed by atoms with Crippen LogP contribution in [0.3, 0.4) is 0 Å². The van der Waals surface area contributed by atoms with Gasteiger partial charge >= 0.3 is 0 Å². The summed E-state index contributed by atoms with van der Waals surface area (Å²) in [5.74, 6) is -1.37. The molecule has 0 atom stereocenters. The van der Waals surface area contributed by atoms with Crippen molar-refractivity contribution in [1.82, 2.24) is 9.62 Å². The molecule has 0 unspecified atom stereocenters. The fourth-order valence-electron chi connectivity index (χ4n) is 2.22. The summed E-state index contributed by atoms with van der Waals surface area (Å²) in [6.07, 6.45) is 2.38. The van der Waals surface area contributed by atoms with Gasteiger partial charge in [-0.1, -0.05) is 0 Å². The summed E-state index contributed by atoms with van der Waals surface area (Å²) in [7, 11) is -3.70. The quantitative estimate of drug-likeness (QED) is 0.475. The van der Waals surface area contributed by atoms with Gasteiger partial charge in [0.1, 0.15) is 0 Å². The molecule has 0 spiro atoms. The Bertz CT molecular complexity index is 429. The van der Waals surface area contributed by atoms with Crippen LogP contribution in [0.5, 0.6) is 0 Å². The number of nitrogens with one attached hydrogen (secondary N) is 1. The van der Waals surface area contributed by atoms with E-state index in [-0.39, 0.29) is 5.75 Å². The van der Waals surface area contributed by atoms with Gasteiger partial charge in [0.25, 0.3) is 0 Å². The van der Waals surface area contributed by atoms with E-state index >= 15 is 0 Å². The molecule has 5 N–H and O–H groups in total. The Morgan fingerprint density at radius 1 is 1.10 bits per heavy atom. The molecule has 1 fully saturated rings. The van der Waals surface area contributed by atoms with E-state index in [1.807, 2.05) is 0 Å². The molecule has 0 aliphatic carbocycles. The second-order valence-corrected chi connectivity index (χ2v) is 7.09. The van der Waals surface area contributed by atoms with Crippen LogP contribution in [0, 0.1) is 5.92 Å². The fourth-order valence-corrected chi connectivity index (χ4v) is 3.75. The molecule has 1 aliphatic rings. The first kappa shape index (κ1) is 16.9. The van der Waals surface area contributed by atoms with E-state index in [9.17, 15) is 18.0 Å². The lowest BCUT2D eigenvalue weighted by Crippen LogP contribution is -2.44. The molecule has 1 aliphatic heterocycles. The third kappa shape index (κ3) is 5.85. The lowest BCUT2D eigenvalue weighted by atomic mass is 9.96. The smallest absolute Gasteiger partial charge is 0.232 e. The number of carbonyl (C=O) groups is 2. The zero-order valence-corrected chi connectivity index (χ0v) is 12.2. The molecular weight excluding hydrogens is 284 g/mol. The SMILES string of the molecule is NC(=O)CN(CC(N)=O)S(=O)(=O)CCC1CCNCC1. The zero-order valence-electron chi connectivity index (χ0n) is 11.4. The van der Waals surface area contributed by atoms with Crippen molar-refractivity contribution in [3.63, 3.8) is 0 Å². The van der Waals surface area contributed by atoms with Gasteiger partial charge in [-0.25, -0.2) is 8.42 Å². The molecule has 20 heavy (non-hydrogen) atoms. The van der Waals surface area contributed by atoms with Crippen LogP contribution in [0.4, 0.5) is 0 Å². The highest BCUT2D eigenvalue weighted by Gasteiger charge is 2.26. The molecule has 8 nitrogen and oxygen atoms in total. The molecule has 0 aromatic heterocycles. The van der Waals surface area contributed by atoms with Gasteiger partial charge < -0.3 is 16.8 Å². The molecule has 0 radical (unpaired) electrons. The highest BCUT2D eigenvalue weighted by Crippen LogP contribution is 2.17. The van der Waals surface area contributed by atoms with E-state index in [1.54, 1.807) is 0 Å². The van der Waals surface area contributed by atoms with Crippen LogP contribution < -0.4 is 16.8 Å². The number of hydrogen-bond donors (Lipinski definition) is 3. The topological polar surface area (TPSA) is 136 Å². The molecular formula is C11H22N4O4S. The number of primary amides is 2. The third-order valence-corrected chi connectivity index (χ3v) is 5.10. The Morgan fingerprint density at radius 2 is 1.60 bits per heavy atom. The minimum absolute atomic E-state index is 0.0990. The maximum atomic E-state index is 12.1. The molecule has 1 rings (SSSR count). The highest BCUT2D eigenvalue weighted by molar-refractivity contribution is 7.89. The van der Waals surface area contributed by atoms with E-state index < -0.39 is 34.9 Å². The lowest BCUT2D eigenvalue weighted by Gasteiger charge is -2.24. The van der Waals surface area contributed by atoms with Crippen LogP contribution in [-0.4, -0.2) is 56.5 Å². The van der Waals surface area contributed by atoms with Crippen LogP contribution in [0.1, 0.15) is 19.3 Å². The minimum atomic E-state index is -3.70. The van der Waals surface area contributed by atoms with Gasteiger partial charge in [-0.2, -0.15) is 4.31 Å². The lowest BCUT2D eigenvalue weighted by molar-refractivity contribution is -0.120. The molecule has 0 aromatic rings. The number of hydrogen-bond acceptors (Lipinski definition) is 5. The van der Waals surface area contributed by atoms with E-state index in [4.69, 9.17) is 11.5 Å². The molecule has 0 bridgehead atoms. The first-order chi connectivity index (χ1) is 9.31. The zero-order chi connectivity index (χ0) is 15.2. The normalized spacial score (nSPS) is 17.2. The summed E-state index contributed by atoms with van der Waals surface area (Å²) in [6, 6.07) is 0. The summed E-state index contributed by atoms with van der Waals surface area (Å²) in [4.78, 5) is 21.8. The maximum Gasteiger partial charge on any atom is 0.232 e. The van der Waals surface area contributed by atoms with Gasteiger partial charge in [-0.3, -0.25) is 9.59 Å². The van der Waals surface area contributed by atoms with E-state index in [0.29, 0.717) is 12.3 Å². The number of amides is 2. The Morgan fingerprint density at radius 3 is 2.05 bits per heavy atom. The van der Waals surface area contributed by atoms with Crippen molar-refractivity contribution in [2.45, 2.75) is 19.3 Å². The van der Waals surface area contributed by atoms with E-state index in [1.165, 1.54) is 0 Å². The predicted octanol–water partition coefficient (Wildman–Crippen LogP) is -2.02. The van der Waals surface area contributed by atoms with Gasteiger partial charge in [-0.05, 0) is 38.3 Å². The first-order valence-electron chi connectivity index (χ1n) is 6.56. The highest BCUT2D eigenvalue weighted by atomic mass is 32.2. The standard InChI is InChI=1S/C11H22N4O4S/c12-10(16)7-15(8-11(13)17)20(18,19)6-3-9-1-4-14-5-2-9/h9,14H,1-8H2,(H2,12,16)(H2,13,17). The Kier molecular flexibility index (Phi) is 6.37. The first-order valence-corrected chi connectivity index (χ1v) is 8.17. The average Bonchev–Trinajstić information content (AvgIpc) is 2.36. The Balaban J connectivity index is 2.61. The molecule has 0 saturated carbocycles. The van der Waals surface area contributed by atoms with Crippen LogP contribution in [0.2, 0.25) is 0 Å². The molecule has 0 aromatic carbocycles. The van der Waals surface area contributed by atoms with Crippen molar-refractivity contribution < 1.29 is 18.0 Å². The number of carbonyl (C=O) groups excluding carboxylic acids is 2. The number of nitrogens with zero attached hydrogens (tertiary/aromatic N) is 1.